The van der Waals surface area contributed by atoms with Gasteiger partial charge in [0, 0.05) is 36.9 Å². The van der Waals surface area contributed by atoms with E-state index in [0.717, 1.165) is 29.0 Å². The molecule has 0 amide bonds. The Hall–Kier alpha value is -1.21. The first-order valence-corrected chi connectivity index (χ1v) is 9.66. The van der Waals surface area contributed by atoms with Crippen LogP contribution < -0.4 is 10.6 Å². The number of nitrogens with zero attached hydrogens (tertiary/aromatic N) is 3. The average molecular weight is 352 g/mol. The van der Waals surface area contributed by atoms with Crippen molar-refractivity contribution in [1.82, 2.24) is 20.8 Å². The summed E-state index contributed by atoms with van der Waals surface area (Å²) in [5, 5.41) is 17.5. The van der Waals surface area contributed by atoms with E-state index >= 15 is 0 Å². The first kappa shape index (κ1) is 17.6. The molecule has 7 heteroatoms. The summed E-state index contributed by atoms with van der Waals surface area (Å²) in [5.41, 5.74) is 0.135. The molecule has 1 aromatic rings. The summed E-state index contributed by atoms with van der Waals surface area (Å²) in [5.74, 6) is 1.84. The Morgan fingerprint density at radius 3 is 2.88 bits per heavy atom. The molecule has 2 aliphatic rings. The van der Waals surface area contributed by atoms with Gasteiger partial charge in [0.2, 0.25) is 0 Å². The summed E-state index contributed by atoms with van der Waals surface area (Å²) in [6.07, 6.45) is 2.76. The molecule has 3 unspecified atom stereocenters. The molecule has 1 aromatic heterocycles. The van der Waals surface area contributed by atoms with Gasteiger partial charge in [0.05, 0.1) is 12.6 Å². The highest BCUT2D eigenvalue weighted by molar-refractivity contribution is 7.11. The molecule has 1 saturated carbocycles. The standard InChI is InChI=1S/C17H29N5OS/c1-10(2)15-22-21-12(24-15)9-19-16(18-5)20-13-11-7-6-8-23-14(11)17(13,3)4/h10-11,13-14H,6-9H2,1-5H3,(H2,18,19,20). The minimum Gasteiger partial charge on any atom is -0.377 e. The second-order valence-corrected chi connectivity index (χ2v) is 8.75. The smallest absolute Gasteiger partial charge is 0.191 e. The van der Waals surface area contributed by atoms with Crippen molar-refractivity contribution in [3.05, 3.63) is 10.0 Å². The molecule has 24 heavy (non-hydrogen) atoms. The van der Waals surface area contributed by atoms with Crippen LogP contribution in [0.5, 0.6) is 0 Å². The molecule has 1 aliphatic carbocycles. The minimum atomic E-state index is 0.135. The summed E-state index contributed by atoms with van der Waals surface area (Å²) >= 11 is 1.66. The van der Waals surface area contributed by atoms with E-state index in [1.807, 2.05) is 7.05 Å². The third-order valence-corrected chi connectivity index (χ3v) is 6.45. The summed E-state index contributed by atoms with van der Waals surface area (Å²) in [4.78, 5) is 4.38. The van der Waals surface area contributed by atoms with E-state index in [4.69, 9.17) is 4.74 Å². The van der Waals surface area contributed by atoms with E-state index in [1.165, 1.54) is 6.42 Å². The van der Waals surface area contributed by atoms with E-state index < -0.39 is 0 Å². The van der Waals surface area contributed by atoms with Crippen LogP contribution in [0.15, 0.2) is 4.99 Å². The molecule has 0 aromatic carbocycles. The predicted octanol–water partition coefficient (Wildman–Crippen LogP) is 2.53. The van der Waals surface area contributed by atoms with Crippen molar-refractivity contribution < 1.29 is 4.74 Å². The maximum atomic E-state index is 5.98. The molecule has 2 N–H and O–H groups in total. The van der Waals surface area contributed by atoms with Crippen LogP contribution in [0, 0.1) is 11.3 Å². The van der Waals surface area contributed by atoms with Crippen molar-refractivity contribution in [3.63, 3.8) is 0 Å². The fourth-order valence-corrected chi connectivity index (χ4v) is 4.67. The van der Waals surface area contributed by atoms with Gasteiger partial charge in [-0.15, -0.1) is 10.2 Å². The van der Waals surface area contributed by atoms with Crippen LogP contribution in [-0.4, -0.2) is 42.0 Å². The Morgan fingerprint density at radius 2 is 2.21 bits per heavy atom. The first-order valence-electron chi connectivity index (χ1n) is 8.84. The molecule has 2 heterocycles. The molecule has 134 valence electrons. The fraction of sp³-hybridized carbons (Fsp3) is 0.824. The van der Waals surface area contributed by atoms with Gasteiger partial charge < -0.3 is 15.4 Å². The van der Waals surface area contributed by atoms with Crippen LogP contribution in [0.4, 0.5) is 0 Å². The quantitative estimate of drug-likeness (QED) is 0.644. The van der Waals surface area contributed by atoms with Gasteiger partial charge in [-0.2, -0.15) is 0 Å². The fourth-order valence-electron chi connectivity index (χ4n) is 3.89. The third kappa shape index (κ3) is 3.28. The van der Waals surface area contributed by atoms with Crippen molar-refractivity contribution >= 4 is 17.3 Å². The Morgan fingerprint density at radius 1 is 1.42 bits per heavy atom. The Kier molecular flexibility index (Phi) is 5.11. The molecule has 0 radical (unpaired) electrons. The van der Waals surface area contributed by atoms with Crippen LogP contribution in [0.2, 0.25) is 0 Å². The molecule has 1 aliphatic heterocycles. The number of nitrogens with one attached hydrogen (secondary N) is 2. The van der Waals surface area contributed by atoms with Crippen molar-refractivity contribution in [1.29, 1.82) is 0 Å². The van der Waals surface area contributed by atoms with Crippen LogP contribution in [-0.2, 0) is 11.3 Å². The summed E-state index contributed by atoms with van der Waals surface area (Å²) in [6.45, 7) is 10.4. The van der Waals surface area contributed by atoms with E-state index in [9.17, 15) is 0 Å². The molecule has 1 saturated heterocycles. The average Bonchev–Trinajstić information content (AvgIpc) is 3.04. The molecule has 3 rings (SSSR count). The lowest BCUT2D eigenvalue weighted by Gasteiger charge is -2.60. The third-order valence-electron chi connectivity index (χ3n) is 5.23. The predicted molar refractivity (Wildman–Crippen MR) is 97.4 cm³/mol. The largest absolute Gasteiger partial charge is 0.377 e. The number of fused-ring (bicyclic) bond motifs is 1. The van der Waals surface area contributed by atoms with Crippen LogP contribution in [0.1, 0.15) is 56.5 Å². The Bertz CT molecular complexity index is 598. The highest BCUT2D eigenvalue weighted by Gasteiger charge is 2.58. The van der Waals surface area contributed by atoms with Gasteiger partial charge in [-0.3, -0.25) is 4.99 Å². The number of rotatable bonds is 4. The zero-order valence-corrected chi connectivity index (χ0v) is 16.1. The maximum Gasteiger partial charge on any atom is 0.191 e. The minimum absolute atomic E-state index is 0.135. The highest BCUT2D eigenvalue weighted by Crippen LogP contribution is 2.51. The number of aliphatic imine (C=N–C) groups is 1. The lowest BCUT2D eigenvalue weighted by atomic mass is 9.55. The molecule has 0 bridgehead atoms. The van der Waals surface area contributed by atoms with Gasteiger partial charge >= 0.3 is 0 Å². The number of ether oxygens (including phenoxy) is 1. The number of hydrogen-bond acceptors (Lipinski definition) is 5. The highest BCUT2D eigenvalue weighted by atomic mass is 32.1. The van der Waals surface area contributed by atoms with Gasteiger partial charge in [-0.25, -0.2) is 0 Å². The van der Waals surface area contributed by atoms with Crippen molar-refractivity contribution in [2.45, 2.75) is 65.1 Å². The number of hydrogen-bond donors (Lipinski definition) is 2. The second-order valence-electron chi connectivity index (χ2n) is 7.66. The SMILES string of the molecule is CN=C(NCc1nnc(C(C)C)s1)NC1C2CCCOC2C1(C)C. The molecule has 0 spiro atoms. The van der Waals surface area contributed by atoms with E-state index in [2.05, 4.69) is 53.5 Å². The zero-order chi connectivity index (χ0) is 17.3. The summed E-state index contributed by atoms with van der Waals surface area (Å²) in [6, 6.07) is 0.398. The Labute approximate surface area is 148 Å². The Balaban J connectivity index is 1.57. The van der Waals surface area contributed by atoms with Crippen LogP contribution in [0.3, 0.4) is 0 Å². The van der Waals surface area contributed by atoms with Gasteiger partial charge in [0.25, 0.3) is 0 Å². The molecular formula is C17H29N5OS. The molecule has 3 atom stereocenters. The van der Waals surface area contributed by atoms with Gasteiger partial charge in [-0.1, -0.05) is 39.0 Å². The van der Waals surface area contributed by atoms with E-state index in [0.29, 0.717) is 30.5 Å². The van der Waals surface area contributed by atoms with Crippen molar-refractivity contribution in [2.24, 2.45) is 16.3 Å². The normalized spacial score (nSPS) is 29.1. The number of guanidine groups is 1. The van der Waals surface area contributed by atoms with E-state index in [-0.39, 0.29) is 5.41 Å². The van der Waals surface area contributed by atoms with Crippen molar-refractivity contribution in [2.75, 3.05) is 13.7 Å². The van der Waals surface area contributed by atoms with E-state index in [1.54, 1.807) is 11.3 Å². The number of aromatic nitrogens is 2. The summed E-state index contributed by atoms with van der Waals surface area (Å²) < 4.78 is 5.98. The van der Waals surface area contributed by atoms with Crippen molar-refractivity contribution in [3.8, 4) is 0 Å². The van der Waals surface area contributed by atoms with Gasteiger partial charge in [-0.05, 0) is 12.8 Å². The van der Waals surface area contributed by atoms with Crippen LogP contribution in [0.25, 0.3) is 0 Å². The zero-order valence-electron chi connectivity index (χ0n) is 15.3. The van der Waals surface area contributed by atoms with Gasteiger partial charge in [0.15, 0.2) is 5.96 Å². The first-order chi connectivity index (χ1) is 11.4. The molecule has 2 fully saturated rings. The molecular weight excluding hydrogens is 322 g/mol. The second kappa shape index (κ2) is 6.96. The molecule has 6 nitrogen and oxygen atoms in total. The topological polar surface area (TPSA) is 71.4 Å². The lowest BCUT2D eigenvalue weighted by Crippen LogP contribution is -2.70. The maximum absolute atomic E-state index is 5.98. The van der Waals surface area contributed by atoms with Crippen LogP contribution >= 0.6 is 11.3 Å². The summed E-state index contributed by atoms with van der Waals surface area (Å²) in [7, 11) is 1.81. The van der Waals surface area contributed by atoms with Gasteiger partial charge in [0.1, 0.15) is 10.0 Å². The lowest BCUT2D eigenvalue weighted by molar-refractivity contribution is -0.188. The monoisotopic (exact) mass is 351 g/mol.